The molecular weight excluding hydrogens is 274 g/mol. The summed E-state index contributed by atoms with van der Waals surface area (Å²) < 4.78 is 0. The molecule has 110 valence electrons. The fourth-order valence-electron chi connectivity index (χ4n) is 2.66. The SMILES string of the molecule is CC(C)N1CCC(N(C)C(=O)c2ccc(Cl)nc2)CC1. The van der Waals surface area contributed by atoms with Crippen LogP contribution in [-0.4, -0.2) is 52.9 Å². The van der Waals surface area contributed by atoms with E-state index in [1.165, 1.54) is 0 Å². The van der Waals surface area contributed by atoms with Crippen molar-refractivity contribution in [3.8, 4) is 0 Å². The highest BCUT2D eigenvalue weighted by Gasteiger charge is 2.26. The number of piperidine rings is 1. The highest BCUT2D eigenvalue weighted by molar-refractivity contribution is 6.29. The quantitative estimate of drug-likeness (QED) is 0.805. The van der Waals surface area contributed by atoms with Gasteiger partial charge in [0.1, 0.15) is 5.15 Å². The molecule has 0 aliphatic carbocycles. The standard InChI is InChI=1S/C15H22ClN3O/c1-11(2)19-8-6-13(7-9-19)18(3)15(20)12-4-5-14(16)17-10-12/h4-5,10-11,13H,6-9H2,1-3H3. The Morgan fingerprint density at radius 2 is 2.05 bits per heavy atom. The fraction of sp³-hybridized carbons (Fsp3) is 0.600. The monoisotopic (exact) mass is 295 g/mol. The van der Waals surface area contributed by atoms with Gasteiger partial charge in [-0.1, -0.05) is 11.6 Å². The number of nitrogens with zero attached hydrogens (tertiary/aromatic N) is 3. The van der Waals surface area contributed by atoms with Gasteiger partial charge in [-0.15, -0.1) is 0 Å². The smallest absolute Gasteiger partial charge is 0.255 e. The van der Waals surface area contributed by atoms with Gasteiger partial charge in [0, 0.05) is 38.4 Å². The van der Waals surface area contributed by atoms with E-state index in [1.54, 1.807) is 18.3 Å². The lowest BCUT2D eigenvalue weighted by molar-refractivity contribution is 0.0615. The molecule has 2 rings (SSSR count). The van der Waals surface area contributed by atoms with Crippen molar-refractivity contribution in [1.29, 1.82) is 0 Å². The van der Waals surface area contributed by atoms with Crippen molar-refractivity contribution in [3.63, 3.8) is 0 Å². The second kappa shape index (κ2) is 6.55. The Bertz CT molecular complexity index is 453. The minimum atomic E-state index is 0.0252. The Morgan fingerprint density at radius 3 is 2.55 bits per heavy atom. The summed E-state index contributed by atoms with van der Waals surface area (Å²) in [5.74, 6) is 0.0252. The highest BCUT2D eigenvalue weighted by Crippen LogP contribution is 2.19. The molecule has 0 radical (unpaired) electrons. The van der Waals surface area contributed by atoms with Gasteiger partial charge >= 0.3 is 0 Å². The summed E-state index contributed by atoms with van der Waals surface area (Å²) in [6.45, 7) is 6.54. The number of amides is 1. The number of halogens is 1. The van der Waals surface area contributed by atoms with Crippen molar-refractivity contribution in [2.75, 3.05) is 20.1 Å². The molecule has 2 heterocycles. The molecule has 4 nitrogen and oxygen atoms in total. The number of hydrogen-bond acceptors (Lipinski definition) is 3. The van der Waals surface area contributed by atoms with E-state index in [9.17, 15) is 4.79 Å². The number of likely N-dealkylation sites (tertiary alicyclic amines) is 1. The molecule has 0 saturated carbocycles. The molecule has 0 N–H and O–H groups in total. The van der Waals surface area contributed by atoms with Gasteiger partial charge < -0.3 is 9.80 Å². The van der Waals surface area contributed by atoms with Crippen LogP contribution in [0.5, 0.6) is 0 Å². The van der Waals surface area contributed by atoms with Crippen LogP contribution in [0.1, 0.15) is 37.0 Å². The van der Waals surface area contributed by atoms with Gasteiger partial charge in [0.05, 0.1) is 5.56 Å². The minimum Gasteiger partial charge on any atom is -0.339 e. The molecule has 0 aromatic carbocycles. The average molecular weight is 296 g/mol. The normalized spacial score (nSPS) is 17.4. The van der Waals surface area contributed by atoms with E-state index >= 15 is 0 Å². The van der Waals surface area contributed by atoms with Crippen LogP contribution < -0.4 is 0 Å². The summed E-state index contributed by atoms with van der Waals surface area (Å²) in [6, 6.07) is 4.28. The third kappa shape index (κ3) is 3.49. The van der Waals surface area contributed by atoms with Gasteiger partial charge in [0.2, 0.25) is 0 Å². The number of pyridine rings is 1. The molecule has 1 aromatic heterocycles. The Balaban J connectivity index is 1.96. The largest absolute Gasteiger partial charge is 0.339 e. The van der Waals surface area contributed by atoms with Crippen LogP contribution in [0.2, 0.25) is 5.15 Å². The van der Waals surface area contributed by atoms with Gasteiger partial charge in [-0.3, -0.25) is 4.79 Å². The van der Waals surface area contributed by atoms with E-state index in [-0.39, 0.29) is 5.91 Å². The lowest BCUT2D eigenvalue weighted by Gasteiger charge is -2.38. The molecule has 1 saturated heterocycles. The predicted molar refractivity (Wildman–Crippen MR) is 81.1 cm³/mol. The molecule has 5 heteroatoms. The molecule has 1 aliphatic rings. The van der Waals surface area contributed by atoms with Crippen molar-refractivity contribution in [2.24, 2.45) is 0 Å². The topological polar surface area (TPSA) is 36.4 Å². The van der Waals surface area contributed by atoms with E-state index in [2.05, 4.69) is 23.7 Å². The Hall–Kier alpha value is -1.13. The average Bonchev–Trinajstić information content (AvgIpc) is 2.46. The van der Waals surface area contributed by atoms with Crippen LogP contribution in [0, 0.1) is 0 Å². The Kier molecular flexibility index (Phi) is 5.00. The van der Waals surface area contributed by atoms with Crippen molar-refractivity contribution in [1.82, 2.24) is 14.8 Å². The summed E-state index contributed by atoms with van der Waals surface area (Å²) in [5, 5.41) is 0.412. The zero-order valence-corrected chi connectivity index (χ0v) is 13.1. The number of carbonyl (C=O) groups is 1. The third-order valence-electron chi connectivity index (χ3n) is 4.07. The van der Waals surface area contributed by atoms with Crippen LogP contribution in [0.4, 0.5) is 0 Å². The van der Waals surface area contributed by atoms with Crippen molar-refractivity contribution in [2.45, 2.75) is 38.8 Å². The summed E-state index contributed by atoms with van der Waals surface area (Å²) >= 11 is 5.75. The maximum atomic E-state index is 12.4. The zero-order valence-electron chi connectivity index (χ0n) is 12.3. The Labute approximate surface area is 125 Å². The van der Waals surface area contributed by atoms with Gasteiger partial charge in [0.15, 0.2) is 0 Å². The Morgan fingerprint density at radius 1 is 1.40 bits per heavy atom. The lowest BCUT2D eigenvalue weighted by atomic mass is 10.0. The number of hydrogen-bond donors (Lipinski definition) is 0. The van der Waals surface area contributed by atoms with Crippen LogP contribution in [0.25, 0.3) is 0 Å². The van der Waals surface area contributed by atoms with Crippen LogP contribution in [0.3, 0.4) is 0 Å². The first-order valence-corrected chi connectivity index (χ1v) is 7.49. The summed E-state index contributed by atoms with van der Waals surface area (Å²) in [7, 11) is 1.88. The van der Waals surface area contributed by atoms with Gasteiger partial charge in [-0.05, 0) is 38.8 Å². The van der Waals surface area contributed by atoms with Crippen LogP contribution >= 0.6 is 11.6 Å². The first kappa shape index (κ1) is 15.3. The van der Waals surface area contributed by atoms with E-state index in [0.29, 0.717) is 22.8 Å². The first-order valence-electron chi connectivity index (χ1n) is 7.12. The predicted octanol–water partition coefficient (Wildman–Crippen LogP) is 2.68. The summed E-state index contributed by atoms with van der Waals surface area (Å²) in [5.41, 5.74) is 0.600. The van der Waals surface area contributed by atoms with Crippen LogP contribution in [-0.2, 0) is 0 Å². The lowest BCUT2D eigenvalue weighted by Crippen LogP contribution is -2.47. The molecular formula is C15H22ClN3O. The number of rotatable bonds is 3. The van der Waals surface area contributed by atoms with E-state index in [4.69, 9.17) is 11.6 Å². The fourth-order valence-corrected chi connectivity index (χ4v) is 2.77. The second-order valence-electron chi connectivity index (χ2n) is 5.65. The molecule has 1 aliphatic heterocycles. The van der Waals surface area contributed by atoms with Gasteiger partial charge in [-0.25, -0.2) is 4.98 Å². The maximum Gasteiger partial charge on any atom is 0.255 e. The third-order valence-corrected chi connectivity index (χ3v) is 4.30. The van der Waals surface area contributed by atoms with Gasteiger partial charge in [-0.2, -0.15) is 0 Å². The van der Waals surface area contributed by atoms with Crippen molar-refractivity contribution < 1.29 is 4.79 Å². The van der Waals surface area contributed by atoms with E-state index in [0.717, 1.165) is 25.9 Å². The summed E-state index contributed by atoms with van der Waals surface area (Å²) in [4.78, 5) is 20.7. The molecule has 20 heavy (non-hydrogen) atoms. The number of carbonyl (C=O) groups excluding carboxylic acids is 1. The second-order valence-corrected chi connectivity index (χ2v) is 6.03. The molecule has 0 bridgehead atoms. The van der Waals surface area contributed by atoms with Crippen molar-refractivity contribution in [3.05, 3.63) is 29.0 Å². The molecule has 0 spiro atoms. The maximum absolute atomic E-state index is 12.4. The first-order chi connectivity index (χ1) is 9.49. The molecule has 0 unspecified atom stereocenters. The highest BCUT2D eigenvalue weighted by atomic mass is 35.5. The minimum absolute atomic E-state index is 0.0252. The van der Waals surface area contributed by atoms with Gasteiger partial charge in [0.25, 0.3) is 5.91 Å². The number of aromatic nitrogens is 1. The van der Waals surface area contributed by atoms with Crippen LogP contribution in [0.15, 0.2) is 18.3 Å². The zero-order chi connectivity index (χ0) is 14.7. The molecule has 1 aromatic rings. The summed E-state index contributed by atoms with van der Waals surface area (Å²) in [6.07, 6.45) is 3.60. The molecule has 0 atom stereocenters. The molecule has 1 fully saturated rings. The molecule has 1 amide bonds. The van der Waals surface area contributed by atoms with Crippen molar-refractivity contribution >= 4 is 17.5 Å². The van der Waals surface area contributed by atoms with E-state index < -0.39 is 0 Å². The van der Waals surface area contributed by atoms with E-state index in [1.807, 2.05) is 11.9 Å².